The van der Waals surface area contributed by atoms with E-state index in [4.69, 9.17) is 11.6 Å². The number of benzene rings is 1. The minimum Gasteiger partial charge on any atom is -0.339 e. The molecule has 0 bridgehead atoms. The highest BCUT2D eigenvalue weighted by Gasteiger charge is 2.23. The van der Waals surface area contributed by atoms with Gasteiger partial charge in [-0.3, -0.25) is 4.79 Å². The summed E-state index contributed by atoms with van der Waals surface area (Å²) in [6, 6.07) is 7.15. The Hall–Kier alpha value is -0.770. The number of hydrogen-bond donors (Lipinski definition) is 1. The van der Waals surface area contributed by atoms with Gasteiger partial charge in [0.15, 0.2) is 0 Å². The second-order valence-electron chi connectivity index (χ2n) is 5.13. The van der Waals surface area contributed by atoms with E-state index in [1.165, 1.54) is 6.42 Å². The summed E-state index contributed by atoms with van der Waals surface area (Å²) in [5, 5.41) is 3.86. The van der Waals surface area contributed by atoms with E-state index in [0.29, 0.717) is 5.02 Å². The first-order valence-electron chi connectivity index (χ1n) is 6.90. The molecule has 0 atom stereocenters. The molecule has 0 saturated carbocycles. The minimum atomic E-state index is 0. The molecule has 1 amide bonds. The first kappa shape index (κ1) is 17.3. The molecule has 0 spiro atoms. The van der Waals surface area contributed by atoms with Gasteiger partial charge < -0.3 is 10.2 Å². The van der Waals surface area contributed by atoms with Crippen LogP contribution in [0.5, 0.6) is 0 Å². The predicted molar refractivity (Wildman–Crippen MR) is 85.9 cm³/mol. The summed E-state index contributed by atoms with van der Waals surface area (Å²) in [7, 11) is 1.99. The number of nitrogens with one attached hydrogen (secondary N) is 1. The molecule has 112 valence electrons. The van der Waals surface area contributed by atoms with Crippen molar-refractivity contribution in [1.29, 1.82) is 0 Å². The zero-order valence-electron chi connectivity index (χ0n) is 11.8. The Bertz CT molecular complexity index is 414. The van der Waals surface area contributed by atoms with Gasteiger partial charge in [-0.1, -0.05) is 11.6 Å². The lowest BCUT2D eigenvalue weighted by atomic mass is 9.93. The third-order valence-corrected chi connectivity index (χ3v) is 4.05. The third-order valence-electron chi connectivity index (χ3n) is 3.80. The van der Waals surface area contributed by atoms with Gasteiger partial charge in [0, 0.05) is 23.7 Å². The topological polar surface area (TPSA) is 32.3 Å². The Balaban J connectivity index is 0.00000200. The molecule has 1 N–H and O–H groups in total. The van der Waals surface area contributed by atoms with Crippen LogP contribution in [-0.4, -0.2) is 37.5 Å². The van der Waals surface area contributed by atoms with E-state index >= 15 is 0 Å². The minimum absolute atomic E-state index is 0. The fourth-order valence-electron chi connectivity index (χ4n) is 2.55. The molecular formula is C15H22Cl2N2O. The maximum Gasteiger partial charge on any atom is 0.253 e. The van der Waals surface area contributed by atoms with Crippen molar-refractivity contribution in [2.75, 3.05) is 26.7 Å². The van der Waals surface area contributed by atoms with Crippen LogP contribution in [0.1, 0.15) is 29.6 Å². The zero-order chi connectivity index (χ0) is 13.7. The SMILES string of the molecule is CNCCC1CCN(C(=O)c2ccc(Cl)cc2)CC1.Cl. The summed E-state index contributed by atoms with van der Waals surface area (Å²) in [6.45, 7) is 2.81. The molecule has 1 saturated heterocycles. The quantitative estimate of drug-likeness (QED) is 0.925. The molecule has 20 heavy (non-hydrogen) atoms. The van der Waals surface area contributed by atoms with Crippen molar-refractivity contribution in [1.82, 2.24) is 10.2 Å². The number of rotatable bonds is 4. The number of halogens is 2. The van der Waals surface area contributed by atoms with E-state index in [2.05, 4.69) is 5.32 Å². The van der Waals surface area contributed by atoms with Crippen molar-refractivity contribution >= 4 is 29.9 Å². The van der Waals surface area contributed by atoms with Gasteiger partial charge in [-0.2, -0.15) is 0 Å². The van der Waals surface area contributed by atoms with Crippen molar-refractivity contribution < 1.29 is 4.79 Å². The van der Waals surface area contributed by atoms with Crippen LogP contribution in [0.15, 0.2) is 24.3 Å². The molecule has 0 unspecified atom stereocenters. The molecule has 1 fully saturated rings. The second-order valence-corrected chi connectivity index (χ2v) is 5.57. The van der Waals surface area contributed by atoms with Crippen molar-refractivity contribution in [3.63, 3.8) is 0 Å². The summed E-state index contributed by atoms with van der Waals surface area (Å²) >= 11 is 5.84. The molecule has 5 heteroatoms. The van der Waals surface area contributed by atoms with Crippen LogP contribution in [0.25, 0.3) is 0 Å². The molecule has 0 aromatic heterocycles. The highest BCUT2D eigenvalue weighted by atomic mass is 35.5. The number of amides is 1. The molecule has 1 aromatic rings. The normalized spacial score (nSPS) is 15.8. The Kier molecular flexibility index (Phi) is 7.35. The Morgan fingerprint density at radius 2 is 1.90 bits per heavy atom. The fraction of sp³-hybridized carbons (Fsp3) is 0.533. The van der Waals surface area contributed by atoms with E-state index < -0.39 is 0 Å². The molecular weight excluding hydrogens is 295 g/mol. The number of carbonyl (C=O) groups is 1. The number of hydrogen-bond acceptors (Lipinski definition) is 2. The molecule has 0 aliphatic carbocycles. The van der Waals surface area contributed by atoms with E-state index in [-0.39, 0.29) is 18.3 Å². The molecule has 0 radical (unpaired) electrons. The van der Waals surface area contributed by atoms with Gasteiger partial charge in [0.05, 0.1) is 0 Å². The van der Waals surface area contributed by atoms with Crippen LogP contribution < -0.4 is 5.32 Å². The molecule has 1 aliphatic rings. The van der Waals surface area contributed by atoms with Crippen LogP contribution in [0.2, 0.25) is 5.02 Å². The summed E-state index contributed by atoms with van der Waals surface area (Å²) in [6.07, 6.45) is 3.43. The van der Waals surface area contributed by atoms with Gasteiger partial charge in [-0.15, -0.1) is 12.4 Å². The van der Waals surface area contributed by atoms with E-state index in [0.717, 1.165) is 44.0 Å². The monoisotopic (exact) mass is 316 g/mol. The van der Waals surface area contributed by atoms with Crippen molar-refractivity contribution in [3.05, 3.63) is 34.9 Å². The van der Waals surface area contributed by atoms with Crippen LogP contribution in [0.3, 0.4) is 0 Å². The Morgan fingerprint density at radius 1 is 1.30 bits per heavy atom. The first-order chi connectivity index (χ1) is 9.20. The van der Waals surface area contributed by atoms with Gasteiger partial charge in [-0.05, 0) is 63.0 Å². The van der Waals surface area contributed by atoms with Gasteiger partial charge in [0.1, 0.15) is 0 Å². The van der Waals surface area contributed by atoms with Crippen LogP contribution >= 0.6 is 24.0 Å². The summed E-state index contributed by atoms with van der Waals surface area (Å²) in [5.74, 6) is 0.880. The van der Waals surface area contributed by atoms with Crippen molar-refractivity contribution in [2.24, 2.45) is 5.92 Å². The van der Waals surface area contributed by atoms with Gasteiger partial charge >= 0.3 is 0 Å². The second kappa shape index (κ2) is 8.50. The number of carbonyl (C=O) groups excluding carboxylic acids is 1. The molecule has 1 heterocycles. The lowest BCUT2D eigenvalue weighted by Gasteiger charge is -2.32. The average molecular weight is 317 g/mol. The van der Waals surface area contributed by atoms with Gasteiger partial charge in [0.25, 0.3) is 5.91 Å². The fourth-order valence-corrected chi connectivity index (χ4v) is 2.67. The molecule has 3 nitrogen and oxygen atoms in total. The smallest absolute Gasteiger partial charge is 0.253 e. The average Bonchev–Trinajstić information content (AvgIpc) is 2.46. The number of piperidine rings is 1. The largest absolute Gasteiger partial charge is 0.339 e. The zero-order valence-corrected chi connectivity index (χ0v) is 13.3. The van der Waals surface area contributed by atoms with Gasteiger partial charge in [0.2, 0.25) is 0 Å². The van der Waals surface area contributed by atoms with Crippen molar-refractivity contribution in [3.8, 4) is 0 Å². The third kappa shape index (κ3) is 4.65. The van der Waals surface area contributed by atoms with Crippen LogP contribution in [-0.2, 0) is 0 Å². The van der Waals surface area contributed by atoms with Gasteiger partial charge in [-0.25, -0.2) is 0 Å². The molecule has 1 aromatic carbocycles. The van der Waals surface area contributed by atoms with E-state index in [9.17, 15) is 4.79 Å². The lowest BCUT2D eigenvalue weighted by Crippen LogP contribution is -2.38. The van der Waals surface area contributed by atoms with Crippen molar-refractivity contribution in [2.45, 2.75) is 19.3 Å². The Labute approximate surface area is 132 Å². The van der Waals surface area contributed by atoms with Crippen LogP contribution in [0, 0.1) is 5.92 Å². The van der Waals surface area contributed by atoms with E-state index in [1.807, 2.05) is 11.9 Å². The maximum absolute atomic E-state index is 12.3. The summed E-state index contributed by atoms with van der Waals surface area (Å²) < 4.78 is 0. The number of nitrogens with zero attached hydrogens (tertiary/aromatic N) is 1. The molecule has 1 aliphatic heterocycles. The predicted octanol–water partition coefficient (Wildman–Crippen LogP) is 3.22. The molecule has 2 rings (SSSR count). The highest BCUT2D eigenvalue weighted by molar-refractivity contribution is 6.30. The lowest BCUT2D eigenvalue weighted by molar-refractivity contribution is 0.0687. The maximum atomic E-state index is 12.3. The highest BCUT2D eigenvalue weighted by Crippen LogP contribution is 2.21. The van der Waals surface area contributed by atoms with E-state index in [1.54, 1.807) is 24.3 Å². The first-order valence-corrected chi connectivity index (χ1v) is 7.28. The standard InChI is InChI=1S/C15H21ClN2O.ClH/c1-17-9-6-12-7-10-18(11-8-12)15(19)13-2-4-14(16)5-3-13;/h2-5,12,17H,6-11H2,1H3;1H. The number of likely N-dealkylation sites (tertiary alicyclic amines) is 1. The summed E-state index contributed by atoms with van der Waals surface area (Å²) in [4.78, 5) is 14.3. The summed E-state index contributed by atoms with van der Waals surface area (Å²) in [5.41, 5.74) is 0.734. The van der Waals surface area contributed by atoms with Crippen LogP contribution in [0.4, 0.5) is 0 Å². The Morgan fingerprint density at radius 3 is 2.45 bits per heavy atom.